The van der Waals surface area contributed by atoms with Gasteiger partial charge in [-0.15, -0.1) is 0 Å². The number of imidazole rings is 1. The standard InChI is InChI=1S/C6H10N4O/c1-4-6(8)10(3-9-4)5(11)2-7/h3H,2,7-8H2,1H3. The number of carbonyl (C=O) groups excluding carboxylic acids is 1. The number of anilines is 1. The van der Waals surface area contributed by atoms with Gasteiger partial charge < -0.3 is 11.5 Å². The number of carbonyl (C=O) groups is 1. The van der Waals surface area contributed by atoms with Gasteiger partial charge in [0, 0.05) is 0 Å². The Kier molecular flexibility index (Phi) is 1.91. The van der Waals surface area contributed by atoms with Crippen LogP contribution < -0.4 is 11.5 Å². The quantitative estimate of drug-likeness (QED) is 0.564. The number of aryl methyl sites for hydroxylation is 1. The van der Waals surface area contributed by atoms with E-state index in [9.17, 15) is 4.79 Å². The van der Waals surface area contributed by atoms with Crippen LogP contribution in [0.2, 0.25) is 0 Å². The molecule has 0 aliphatic heterocycles. The summed E-state index contributed by atoms with van der Waals surface area (Å²) in [5.41, 5.74) is 11.3. The molecule has 0 saturated heterocycles. The van der Waals surface area contributed by atoms with Gasteiger partial charge in [0.05, 0.1) is 12.2 Å². The summed E-state index contributed by atoms with van der Waals surface area (Å²) in [6.45, 7) is 1.68. The molecule has 4 N–H and O–H groups in total. The van der Waals surface area contributed by atoms with Crippen LogP contribution in [0.4, 0.5) is 5.82 Å². The Labute approximate surface area is 64.0 Å². The topological polar surface area (TPSA) is 86.9 Å². The van der Waals surface area contributed by atoms with Crippen LogP contribution in [0.25, 0.3) is 0 Å². The fourth-order valence-electron chi connectivity index (χ4n) is 0.744. The van der Waals surface area contributed by atoms with Gasteiger partial charge in [-0.2, -0.15) is 0 Å². The summed E-state index contributed by atoms with van der Waals surface area (Å²) in [7, 11) is 0. The molecule has 0 spiro atoms. The van der Waals surface area contributed by atoms with E-state index in [2.05, 4.69) is 4.98 Å². The molecule has 1 rings (SSSR count). The first-order chi connectivity index (χ1) is 5.16. The van der Waals surface area contributed by atoms with E-state index in [1.807, 2.05) is 0 Å². The van der Waals surface area contributed by atoms with Crippen LogP contribution in [0.1, 0.15) is 10.5 Å². The third-order valence-electron chi connectivity index (χ3n) is 1.44. The first-order valence-electron chi connectivity index (χ1n) is 3.19. The SMILES string of the molecule is Cc1ncn(C(=O)CN)c1N. The average molecular weight is 154 g/mol. The van der Waals surface area contributed by atoms with Crippen molar-refractivity contribution in [3.8, 4) is 0 Å². The van der Waals surface area contributed by atoms with E-state index in [1.54, 1.807) is 6.92 Å². The zero-order valence-electron chi connectivity index (χ0n) is 6.24. The van der Waals surface area contributed by atoms with Crippen molar-refractivity contribution in [1.29, 1.82) is 0 Å². The van der Waals surface area contributed by atoms with Crippen molar-refractivity contribution in [2.75, 3.05) is 12.3 Å². The molecular weight excluding hydrogens is 144 g/mol. The van der Waals surface area contributed by atoms with Crippen molar-refractivity contribution in [3.63, 3.8) is 0 Å². The molecule has 0 unspecified atom stereocenters. The van der Waals surface area contributed by atoms with E-state index in [0.29, 0.717) is 11.5 Å². The lowest BCUT2D eigenvalue weighted by molar-refractivity contribution is 0.0926. The van der Waals surface area contributed by atoms with Crippen molar-refractivity contribution >= 4 is 11.7 Å². The van der Waals surface area contributed by atoms with Crippen LogP contribution in [0.5, 0.6) is 0 Å². The van der Waals surface area contributed by atoms with Gasteiger partial charge in [0.15, 0.2) is 0 Å². The lowest BCUT2D eigenvalue weighted by Crippen LogP contribution is -2.21. The Morgan fingerprint density at radius 3 is 2.82 bits per heavy atom. The van der Waals surface area contributed by atoms with Gasteiger partial charge >= 0.3 is 0 Å². The minimum absolute atomic E-state index is 0.0556. The Balaban J connectivity index is 3.04. The second kappa shape index (κ2) is 2.71. The largest absolute Gasteiger partial charge is 0.383 e. The lowest BCUT2D eigenvalue weighted by Gasteiger charge is -1.99. The molecule has 0 saturated carbocycles. The maximum absolute atomic E-state index is 11.0. The zero-order valence-corrected chi connectivity index (χ0v) is 6.24. The molecule has 5 heteroatoms. The molecule has 0 aromatic carbocycles. The van der Waals surface area contributed by atoms with Crippen LogP contribution in [0.3, 0.4) is 0 Å². The van der Waals surface area contributed by atoms with Crippen LogP contribution in [0, 0.1) is 6.92 Å². The maximum atomic E-state index is 11.0. The fraction of sp³-hybridized carbons (Fsp3) is 0.333. The summed E-state index contributed by atoms with van der Waals surface area (Å²) in [5, 5.41) is 0. The first kappa shape index (κ1) is 7.74. The number of nitrogens with two attached hydrogens (primary N) is 2. The van der Waals surface area contributed by atoms with E-state index in [4.69, 9.17) is 11.5 Å². The molecule has 0 aliphatic rings. The minimum Gasteiger partial charge on any atom is -0.383 e. The summed E-state index contributed by atoms with van der Waals surface area (Å²) in [6, 6.07) is 0. The van der Waals surface area contributed by atoms with Gasteiger partial charge in [-0.1, -0.05) is 0 Å². The minimum atomic E-state index is -0.247. The van der Waals surface area contributed by atoms with Gasteiger partial charge in [-0.3, -0.25) is 9.36 Å². The molecule has 60 valence electrons. The number of nitrogen functional groups attached to an aromatic ring is 1. The van der Waals surface area contributed by atoms with Gasteiger partial charge in [0.2, 0.25) is 5.91 Å². The third kappa shape index (κ3) is 1.22. The fourth-order valence-corrected chi connectivity index (χ4v) is 0.744. The molecule has 0 bridgehead atoms. The Hall–Kier alpha value is -1.36. The summed E-state index contributed by atoms with van der Waals surface area (Å²) < 4.78 is 1.25. The smallest absolute Gasteiger partial charge is 0.247 e. The number of hydrogen-bond donors (Lipinski definition) is 2. The average Bonchev–Trinajstić information content (AvgIpc) is 2.32. The monoisotopic (exact) mass is 154 g/mol. The Morgan fingerprint density at radius 2 is 2.45 bits per heavy atom. The van der Waals surface area contributed by atoms with Crippen LogP contribution in [0.15, 0.2) is 6.33 Å². The summed E-state index contributed by atoms with van der Waals surface area (Å²) >= 11 is 0. The zero-order chi connectivity index (χ0) is 8.43. The van der Waals surface area contributed by atoms with Crippen molar-refractivity contribution in [3.05, 3.63) is 12.0 Å². The van der Waals surface area contributed by atoms with Crippen LogP contribution in [-0.2, 0) is 0 Å². The molecule has 1 heterocycles. The van der Waals surface area contributed by atoms with E-state index >= 15 is 0 Å². The second-order valence-corrected chi connectivity index (χ2v) is 2.18. The number of aromatic nitrogens is 2. The van der Waals surface area contributed by atoms with Crippen LogP contribution >= 0.6 is 0 Å². The summed E-state index contributed by atoms with van der Waals surface area (Å²) in [4.78, 5) is 14.8. The van der Waals surface area contributed by atoms with Crippen molar-refractivity contribution in [2.45, 2.75) is 6.92 Å². The van der Waals surface area contributed by atoms with Crippen molar-refractivity contribution in [1.82, 2.24) is 9.55 Å². The lowest BCUT2D eigenvalue weighted by atomic mass is 10.5. The molecule has 11 heavy (non-hydrogen) atoms. The molecule has 0 fully saturated rings. The highest BCUT2D eigenvalue weighted by molar-refractivity contribution is 5.83. The number of rotatable bonds is 1. The molecule has 1 aromatic heterocycles. The van der Waals surface area contributed by atoms with E-state index < -0.39 is 0 Å². The van der Waals surface area contributed by atoms with E-state index in [-0.39, 0.29) is 12.5 Å². The van der Waals surface area contributed by atoms with E-state index in [1.165, 1.54) is 10.9 Å². The van der Waals surface area contributed by atoms with Crippen LogP contribution in [-0.4, -0.2) is 22.0 Å². The van der Waals surface area contributed by atoms with Crippen molar-refractivity contribution in [2.24, 2.45) is 5.73 Å². The Bertz CT molecular complexity index is 278. The predicted molar refractivity (Wildman–Crippen MR) is 41.1 cm³/mol. The van der Waals surface area contributed by atoms with Gasteiger partial charge in [-0.25, -0.2) is 4.98 Å². The Morgan fingerprint density at radius 1 is 1.82 bits per heavy atom. The number of nitrogens with zero attached hydrogens (tertiary/aromatic N) is 2. The highest BCUT2D eigenvalue weighted by Gasteiger charge is 2.07. The first-order valence-corrected chi connectivity index (χ1v) is 3.19. The normalized spacial score (nSPS) is 10.0. The summed E-state index contributed by atoms with van der Waals surface area (Å²) in [6.07, 6.45) is 1.37. The second-order valence-electron chi connectivity index (χ2n) is 2.18. The van der Waals surface area contributed by atoms with Gasteiger partial charge in [0.1, 0.15) is 12.1 Å². The maximum Gasteiger partial charge on any atom is 0.247 e. The molecule has 0 amide bonds. The number of hydrogen-bond acceptors (Lipinski definition) is 4. The van der Waals surface area contributed by atoms with Crippen molar-refractivity contribution < 1.29 is 4.79 Å². The highest BCUT2D eigenvalue weighted by Crippen LogP contribution is 2.06. The predicted octanol–water partition coefficient (Wildman–Crippen LogP) is -0.627. The third-order valence-corrected chi connectivity index (χ3v) is 1.44. The highest BCUT2D eigenvalue weighted by atomic mass is 16.2. The molecule has 0 atom stereocenters. The molecule has 0 radical (unpaired) electrons. The molecule has 1 aromatic rings. The molecule has 0 aliphatic carbocycles. The van der Waals surface area contributed by atoms with Gasteiger partial charge in [0.25, 0.3) is 0 Å². The molecular formula is C6H10N4O. The molecule has 5 nitrogen and oxygen atoms in total. The summed E-state index contributed by atoms with van der Waals surface area (Å²) in [5.74, 6) is 0.114. The van der Waals surface area contributed by atoms with E-state index in [0.717, 1.165) is 0 Å². The van der Waals surface area contributed by atoms with Gasteiger partial charge in [-0.05, 0) is 6.92 Å².